The summed E-state index contributed by atoms with van der Waals surface area (Å²) in [7, 11) is 0. The lowest BCUT2D eigenvalue weighted by atomic mass is 9.46. The van der Waals surface area contributed by atoms with Crippen LogP contribution in [0.2, 0.25) is 0 Å². The smallest absolute Gasteiger partial charge is 0.169 e. The average Bonchev–Trinajstić information content (AvgIpc) is 3.06. The lowest BCUT2D eigenvalue weighted by Gasteiger charge is -2.56. The molecule has 1 saturated carbocycles. The third kappa shape index (κ3) is 4.53. The largest absolute Gasteiger partial charge is 0.384 e. The molecule has 0 spiro atoms. The molecule has 5 aromatic rings. The van der Waals surface area contributed by atoms with Gasteiger partial charge in [-0.05, 0) is 40.8 Å². The summed E-state index contributed by atoms with van der Waals surface area (Å²) in [6.45, 7) is 0. The number of ketones is 1. The Labute approximate surface area is 245 Å². The van der Waals surface area contributed by atoms with Crippen molar-refractivity contribution >= 4 is 5.78 Å². The second-order valence-electron chi connectivity index (χ2n) is 11.0. The molecule has 1 aliphatic carbocycles. The van der Waals surface area contributed by atoms with Crippen LogP contribution in [-0.2, 0) is 11.0 Å². The molecule has 5 unspecified atom stereocenters. The number of carbonyl (C=O) groups is 1. The summed E-state index contributed by atoms with van der Waals surface area (Å²) in [5, 5.41) is 24.4. The maximum absolute atomic E-state index is 14.8. The molecule has 0 heterocycles. The lowest BCUT2D eigenvalue weighted by Crippen LogP contribution is -2.58. The molecule has 206 valence electrons. The number of halogens is 1. The predicted octanol–water partition coefficient (Wildman–Crippen LogP) is 7.95. The first-order valence-corrected chi connectivity index (χ1v) is 14.1. The molecule has 4 heteroatoms. The number of rotatable bonds is 6. The van der Waals surface area contributed by atoms with E-state index in [1.165, 1.54) is 12.1 Å². The van der Waals surface area contributed by atoms with Crippen LogP contribution < -0.4 is 0 Å². The van der Waals surface area contributed by atoms with Crippen molar-refractivity contribution in [2.45, 2.75) is 29.3 Å². The zero-order valence-electron chi connectivity index (χ0n) is 23.0. The normalized spacial score (nSPS) is 25.3. The summed E-state index contributed by atoms with van der Waals surface area (Å²) in [4.78, 5) is 14.8. The van der Waals surface area contributed by atoms with Crippen molar-refractivity contribution in [3.05, 3.63) is 179 Å². The minimum absolute atomic E-state index is 0.110. The van der Waals surface area contributed by atoms with Gasteiger partial charge < -0.3 is 5.11 Å². The fourth-order valence-corrected chi connectivity index (χ4v) is 7.03. The van der Waals surface area contributed by atoms with E-state index in [1.807, 2.05) is 97.1 Å². The van der Waals surface area contributed by atoms with Gasteiger partial charge in [-0.25, -0.2) is 4.39 Å². The quantitative estimate of drug-likeness (QED) is 0.218. The van der Waals surface area contributed by atoms with Crippen LogP contribution >= 0.6 is 0 Å². The molecule has 42 heavy (non-hydrogen) atoms. The van der Waals surface area contributed by atoms with Crippen molar-refractivity contribution in [3.8, 4) is 6.07 Å². The molecule has 1 N–H and O–H groups in total. The van der Waals surface area contributed by atoms with Gasteiger partial charge in [0.25, 0.3) is 0 Å². The number of aliphatic hydroxyl groups is 1. The maximum atomic E-state index is 14.8. The number of hydrogen-bond donors (Lipinski definition) is 1. The summed E-state index contributed by atoms with van der Waals surface area (Å²) >= 11 is 0. The number of nitriles is 1. The van der Waals surface area contributed by atoms with Crippen molar-refractivity contribution in [1.82, 2.24) is 0 Å². The van der Waals surface area contributed by atoms with E-state index in [9.17, 15) is 19.6 Å². The third-order valence-corrected chi connectivity index (χ3v) is 8.89. The van der Waals surface area contributed by atoms with Gasteiger partial charge in [-0.1, -0.05) is 133 Å². The van der Waals surface area contributed by atoms with Crippen molar-refractivity contribution < 1.29 is 14.3 Å². The van der Waals surface area contributed by atoms with Crippen LogP contribution in [0.3, 0.4) is 0 Å². The number of carbonyl (C=O) groups excluding carboxylic acids is 1. The van der Waals surface area contributed by atoms with E-state index < -0.39 is 34.6 Å². The van der Waals surface area contributed by atoms with Gasteiger partial charge in [0.2, 0.25) is 0 Å². The number of Topliss-reactive ketones (excluding diaryl/α,β-unsaturated/α-hetero) is 1. The van der Waals surface area contributed by atoms with E-state index in [4.69, 9.17) is 0 Å². The van der Waals surface area contributed by atoms with Crippen molar-refractivity contribution in [1.29, 1.82) is 5.26 Å². The fraction of sp³-hybridized carbons (Fsp3) is 0.158. The minimum atomic E-state index is -1.63. The van der Waals surface area contributed by atoms with Gasteiger partial charge >= 0.3 is 0 Å². The SMILES string of the molecule is N#CC1(c2ccc(F)cc2)C(c2ccccc2)CC(O)(c2ccccc2)C(C(=O)c2ccccc2)C1c1ccccc1. The Morgan fingerprint density at radius 3 is 1.74 bits per heavy atom. The molecule has 0 saturated heterocycles. The number of hydrogen-bond acceptors (Lipinski definition) is 3. The molecule has 0 amide bonds. The monoisotopic (exact) mass is 551 g/mol. The Morgan fingerprint density at radius 2 is 1.19 bits per heavy atom. The number of benzene rings is 5. The highest BCUT2D eigenvalue weighted by Gasteiger charge is 2.64. The third-order valence-electron chi connectivity index (χ3n) is 8.89. The van der Waals surface area contributed by atoms with E-state index >= 15 is 0 Å². The summed E-state index contributed by atoms with van der Waals surface area (Å²) < 4.78 is 14.3. The summed E-state index contributed by atoms with van der Waals surface area (Å²) in [6, 6.07) is 46.2. The van der Waals surface area contributed by atoms with Crippen LogP contribution in [0.1, 0.15) is 50.9 Å². The Kier molecular flexibility index (Phi) is 7.29. The second-order valence-corrected chi connectivity index (χ2v) is 11.0. The molecule has 5 atom stereocenters. The van der Waals surface area contributed by atoms with Crippen molar-refractivity contribution in [3.63, 3.8) is 0 Å². The molecule has 6 rings (SSSR count). The molecule has 1 fully saturated rings. The van der Waals surface area contributed by atoms with Gasteiger partial charge in [-0.3, -0.25) is 4.79 Å². The fourth-order valence-electron chi connectivity index (χ4n) is 7.03. The van der Waals surface area contributed by atoms with E-state index in [1.54, 1.807) is 36.4 Å². The van der Waals surface area contributed by atoms with E-state index in [2.05, 4.69) is 6.07 Å². The first-order valence-electron chi connectivity index (χ1n) is 14.1. The Hall–Kier alpha value is -4.85. The van der Waals surface area contributed by atoms with Crippen molar-refractivity contribution in [2.75, 3.05) is 0 Å². The van der Waals surface area contributed by atoms with Crippen LogP contribution in [0.25, 0.3) is 0 Å². The second kappa shape index (κ2) is 11.2. The molecule has 5 aromatic carbocycles. The molecule has 0 aliphatic heterocycles. The average molecular weight is 552 g/mol. The highest BCUT2D eigenvalue weighted by molar-refractivity contribution is 6.00. The topological polar surface area (TPSA) is 61.1 Å². The summed E-state index contributed by atoms with van der Waals surface area (Å²) in [5.41, 5.74) is 0.350. The van der Waals surface area contributed by atoms with Crippen LogP contribution in [-0.4, -0.2) is 10.9 Å². The highest BCUT2D eigenvalue weighted by atomic mass is 19.1. The highest BCUT2D eigenvalue weighted by Crippen LogP contribution is 2.63. The first-order chi connectivity index (χ1) is 20.5. The van der Waals surface area contributed by atoms with E-state index in [-0.39, 0.29) is 12.2 Å². The van der Waals surface area contributed by atoms with Gasteiger partial charge in [-0.15, -0.1) is 0 Å². The zero-order valence-corrected chi connectivity index (χ0v) is 23.0. The van der Waals surface area contributed by atoms with Gasteiger partial charge in [0.05, 0.1) is 17.4 Å². The zero-order chi connectivity index (χ0) is 29.2. The van der Waals surface area contributed by atoms with Crippen LogP contribution in [0.5, 0.6) is 0 Å². The number of nitrogens with zero attached hydrogens (tertiary/aromatic N) is 1. The van der Waals surface area contributed by atoms with Crippen LogP contribution in [0, 0.1) is 23.1 Å². The molecule has 3 nitrogen and oxygen atoms in total. The van der Waals surface area contributed by atoms with Gasteiger partial charge in [0.15, 0.2) is 5.78 Å². The Balaban J connectivity index is 1.73. The van der Waals surface area contributed by atoms with Gasteiger partial charge in [0, 0.05) is 17.4 Å². The molecular weight excluding hydrogens is 521 g/mol. The molecule has 1 aliphatic rings. The standard InChI is InChI=1S/C38H30FNO2/c39-32-23-21-30(22-24-32)37(26-40)33(27-13-5-1-6-14-27)25-38(42,31-19-11-4-12-20-31)35(34(37)28-15-7-2-8-16-28)36(41)29-17-9-3-10-18-29/h1-24,33-35,42H,25H2. The maximum Gasteiger partial charge on any atom is 0.169 e. The molecule has 0 aromatic heterocycles. The molecule has 0 radical (unpaired) electrons. The summed E-state index contributed by atoms with van der Waals surface area (Å²) in [6.07, 6.45) is 0.110. The lowest BCUT2D eigenvalue weighted by molar-refractivity contribution is -0.0738. The predicted molar refractivity (Wildman–Crippen MR) is 161 cm³/mol. The Morgan fingerprint density at radius 1 is 0.690 bits per heavy atom. The molecular formula is C38H30FNO2. The van der Waals surface area contributed by atoms with Crippen LogP contribution in [0.15, 0.2) is 146 Å². The Bertz CT molecular complexity index is 1700. The minimum Gasteiger partial charge on any atom is -0.384 e. The first kappa shape index (κ1) is 27.3. The van der Waals surface area contributed by atoms with Gasteiger partial charge in [0.1, 0.15) is 11.4 Å². The van der Waals surface area contributed by atoms with Crippen molar-refractivity contribution in [2.24, 2.45) is 5.92 Å². The van der Waals surface area contributed by atoms with E-state index in [0.717, 1.165) is 11.1 Å². The van der Waals surface area contributed by atoms with Crippen LogP contribution in [0.4, 0.5) is 4.39 Å². The summed E-state index contributed by atoms with van der Waals surface area (Å²) in [5.74, 6) is -3.01. The molecule has 0 bridgehead atoms. The van der Waals surface area contributed by atoms with Gasteiger partial charge in [-0.2, -0.15) is 5.26 Å². The van der Waals surface area contributed by atoms with E-state index in [0.29, 0.717) is 16.7 Å².